The molecule has 0 saturated heterocycles. The SMILES string of the molecule is Cc1ccnc2nc(C(=O)N[C@@H](C)c3ccc(CC(C)C)cc3)nn12. The fraction of sp³-hybridized carbons (Fsp3) is 0.368. The lowest BCUT2D eigenvalue weighted by molar-refractivity contribution is 0.0929. The lowest BCUT2D eigenvalue weighted by Crippen LogP contribution is -2.27. The fourth-order valence-electron chi connectivity index (χ4n) is 2.76. The summed E-state index contributed by atoms with van der Waals surface area (Å²) < 4.78 is 1.57. The van der Waals surface area contributed by atoms with Crippen molar-refractivity contribution in [3.05, 3.63) is 59.2 Å². The van der Waals surface area contributed by atoms with Gasteiger partial charge in [-0.15, -0.1) is 5.10 Å². The summed E-state index contributed by atoms with van der Waals surface area (Å²) >= 11 is 0. The third-order valence-electron chi connectivity index (χ3n) is 4.10. The van der Waals surface area contributed by atoms with E-state index >= 15 is 0 Å². The van der Waals surface area contributed by atoms with Crippen LogP contribution in [0.3, 0.4) is 0 Å². The Morgan fingerprint density at radius 3 is 2.52 bits per heavy atom. The molecule has 3 rings (SSSR count). The number of aryl methyl sites for hydroxylation is 1. The van der Waals surface area contributed by atoms with Crippen LogP contribution in [0.2, 0.25) is 0 Å². The second-order valence-corrected chi connectivity index (χ2v) is 6.77. The molecule has 0 unspecified atom stereocenters. The summed E-state index contributed by atoms with van der Waals surface area (Å²) in [6, 6.07) is 10.1. The number of carbonyl (C=O) groups is 1. The summed E-state index contributed by atoms with van der Waals surface area (Å²) in [7, 11) is 0. The number of amides is 1. The summed E-state index contributed by atoms with van der Waals surface area (Å²) in [6.45, 7) is 8.26. The molecule has 3 aromatic rings. The molecule has 0 radical (unpaired) electrons. The maximum absolute atomic E-state index is 12.4. The molecular formula is C19H23N5O. The molecule has 0 aliphatic rings. The molecule has 1 aromatic carbocycles. The molecule has 130 valence electrons. The third-order valence-corrected chi connectivity index (χ3v) is 4.10. The zero-order valence-corrected chi connectivity index (χ0v) is 15.0. The highest BCUT2D eigenvalue weighted by Crippen LogP contribution is 2.16. The summed E-state index contributed by atoms with van der Waals surface area (Å²) in [5, 5.41) is 7.18. The predicted molar refractivity (Wildman–Crippen MR) is 96.4 cm³/mol. The van der Waals surface area contributed by atoms with Crippen LogP contribution in [0.4, 0.5) is 0 Å². The lowest BCUT2D eigenvalue weighted by atomic mass is 10.00. The van der Waals surface area contributed by atoms with Crippen molar-refractivity contribution in [2.75, 3.05) is 0 Å². The van der Waals surface area contributed by atoms with Crippen molar-refractivity contribution >= 4 is 11.7 Å². The van der Waals surface area contributed by atoms with Gasteiger partial charge in [-0.3, -0.25) is 4.79 Å². The Balaban J connectivity index is 1.72. The summed E-state index contributed by atoms with van der Waals surface area (Å²) in [4.78, 5) is 20.8. The van der Waals surface area contributed by atoms with Gasteiger partial charge in [0.25, 0.3) is 11.7 Å². The van der Waals surface area contributed by atoms with Gasteiger partial charge in [0, 0.05) is 11.9 Å². The lowest BCUT2D eigenvalue weighted by Gasteiger charge is -2.14. The minimum atomic E-state index is -0.302. The van der Waals surface area contributed by atoms with Gasteiger partial charge >= 0.3 is 0 Å². The first-order valence-electron chi connectivity index (χ1n) is 8.52. The van der Waals surface area contributed by atoms with Crippen LogP contribution in [-0.2, 0) is 6.42 Å². The minimum absolute atomic E-state index is 0.124. The number of rotatable bonds is 5. The van der Waals surface area contributed by atoms with Crippen LogP contribution >= 0.6 is 0 Å². The van der Waals surface area contributed by atoms with E-state index < -0.39 is 0 Å². The van der Waals surface area contributed by atoms with E-state index in [9.17, 15) is 4.79 Å². The molecule has 0 bridgehead atoms. The maximum atomic E-state index is 12.4. The van der Waals surface area contributed by atoms with E-state index in [-0.39, 0.29) is 17.8 Å². The largest absolute Gasteiger partial charge is 0.343 e. The summed E-state index contributed by atoms with van der Waals surface area (Å²) in [5.74, 6) is 0.880. The molecule has 1 N–H and O–H groups in total. The standard InChI is InChI=1S/C19H23N5O/c1-12(2)11-15-5-7-16(8-6-15)14(4)21-18(25)17-22-19-20-10-9-13(3)24(19)23-17/h5-10,12,14H,11H2,1-4H3,(H,21,25)/t14-/m0/s1. The molecule has 0 fully saturated rings. The highest BCUT2D eigenvalue weighted by Gasteiger charge is 2.17. The van der Waals surface area contributed by atoms with Crippen LogP contribution in [0.25, 0.3) is 5.78 Å². The normalized spacial score (nSPS) is 12.5. The Morgan fingerprint density at radius 1 is 1.16 bits per heavy atom. The van der Waals surface area contributed by atoms with Gasteiger partial charge < -0.3 is 5.32 Å². The molecule has 1 atom stereocenters. The molecule has 0 aliphatic carbocycles. The molecule has 0 spiro atoms. The van der Waals surface area contributed by atoms with Crippen molar-refractivity contribution in [3.8, 4) is 0 Å². The summed E-state index contributed by atoms with van der Waals surface area (Å²) in [5.41, 5.74) is 3.24. The predicted octanol–water partition coefficient (Wildman–Crippen LogP) is 3.12. The monoisotopic (exact) mass is 337 g/mol. The Morgan fingerprint density at radius 2 is 1.88 bits per heavy atom. The first-order chi connectivity index (χ1) is 11.9. The molecule has 6 heteroatoms. The first kappa shape index (κ1) is 17.1. The first-order valence-corrected chi connectivity index (χ1v) is 8.52. The highest BCUT2D eigenvalue weighted by atomic mass is 16.2. The van der Waals surface area contributed by atoms with Crippen molar-refractivity contribution in [1.29, 1.82) is 0 Å². The van der Waals surface area contributed by atoms with E-state index in [0.29, 0.717) is 11.7 Å². The van der Waals surface area contributed by atoms with Crippen LogP contribution in [-0.4, -0.2) is 25.5 Å². The number of benzene rings is 1. The van der Waals surface area contributed by atoms with Crippen LogP contribution in [0.5, 0.6) is 0 Å². The molecule has 0 aliphatic heterocycles. The van der Waals surface area contributed by atoms with Gasteiger partial charge in [0.15, 0.2) is 0 Å². The number of hydrogen-bond acceptors (Lipinski definition) is 4. The molecule has 0 saturated carbocycles. The number of carbonyl (C=O) groups excluding carboxylic acids is 1. The van der Waals surface area contributed by atoms with Crippen LogP contribution in [0.15, 0.2) is 36.5 Å². The van der Waals surface area contributed by atoms with Crippen LogP contribution < -0.4 is 5.32 Å². The summed E-state index contributed by atoms with van der Waals surface area (Å²) in [6.07, 6.45) is 2.71. The van der Waals surface area contributed by atoms with E-state index in [0.717, 1.165) is 17.7 Å². The molecule has 6 nitrogen and oxygen atoms in total. The smallest absolute Gasteiger partial charge is 0.291 e. The van der Waals surface area contributed by atoms with E-state index in [1.807, 2.05) is 19.9 Å². The van der Waals surface area contributed by atoms with Gasteiger partial charge in [0.2, 0.25) is 5.82 Å². The van der Waals surface area contributed by atoms with Crippen molar-refractivity contribution in [1.82, 2.24) is 24.9 Å². The van der Waals surface area contributed by atoms with E-state index in [1.165, 1.54) is 5.56 Å². The molecule has 2 aromatic heterocycles. The van der Waals surface area contributed by atoms with Crippen molar-refractivity contribution < 1.29 is 4.79 Å². The molecular weight excluding hydrogens is 314 g/mol. The van der Waals surface area contributed by atoms with Crippen LogP contribution in [0, 0.1) is 12.8 Å². The van der Waals surface area contributed by atoms with Gasteiger partial charge in [0.1, 0.15) is 0 Å². The minimum Gasteiger partial charge on any atom is -0.343 e. The van der Waals surface area contributed by atoms with Gasteiger partial charge in [-0.2, -0.15) is 4.98 Å². The average Bonchev–Trinajstić information content (AvgIpc) is 3.01. The van der Waals surface area contributed by atoms with Gasteiger partial charge in [-0.25, -0.2) is 9.50 Å². The Bertz CT molecular complexity index is 882. The average molecular weight is 337 g/mol. The van der Waals surface area contributed by atoms with Crippen LogP contribution in [0.1, 0.15) is 54.3 Å². The molecule has 25 heavy (non-hydrogen) atoms. The highest BCUT2D eigenvalue weighted by molar-refractivity contribution is 5.91. The van der Waals surface area contributed by atoms with E-state index in [1.54, 1.807) is 10.7 Å². The van der Waals surface area contributed by atoms with Gasteiger partial charge in [0.05, 0.1) is 6.04 Å². The Hall–Kier alpha value is -2.76. The zero-order chi connectivity index (χ0) is 18.0. The molecule has 1 amide bonds. The van der Waals surface area contributed by atoms with Crippen molar-refractivity contribution in [2.45, 2.75) is 40.2 Å². The van der Waals surface area contributed by atoms with Gasteiger partial charge in [-0.05, 0) is 43.4 Å². The second-order valence-electron chi connectivity index (χ2n) is 6.77. The quantitative estimate of drug-likeness (QED) is 0.776. The van der Waals surface area contributed by atoms with E-state index in [4.69, 9.17) is 0 Å². The zero-order valence-electron chi connectivity index (χ0n) is 15.0. The van der Waals surface area contributed by atoms with E-state index in [2.05, 4.69) is 58.5 Å². The fourth-order valence-corrected chi connectivity index (χ4v) is 2.76. The number of hydrogen-bond donors (Lipinski definition) is 1. The molecule has 2 heterocycles. The number of fused-ring (bicyclic) bond motifs is 1. The Kier molecular flexibility index (Phi) is 4.79. The topological polar surface area (TPSA) is 72.2 Å². The van der Waals surface area contributed by atoms with Crippen molar-refractivity contribution in [2.24, 2.45) is 5.92 Å². The number of aromatic nitrogens is 4. The van der Waals surface area contributed by atoms with Crippen molar-refractivity contribution in [3.63, 3.8) is 0 Å². The maximum Gasteiger partial charge on any atom is 0.291 e. The Labute approximate surface area is 147 Å². The number of nitrogens with one attached hydrogen (secondary N) is 1. The second kappa shape index (κ2) is 7.01. The van der Waals surface area contributed by atoms with Gasteiger partial charge in [-0.1, -0.05) is 38.1 Å². The number of nitrogens with zero attached hydrogens (tertiary/aromatic N) is 4. The third kappa shape index (κ3) is 3.84.